The second kappa shape index (κ2) is 9.57. The Labute approximate surface area is 187 Å². The highest BCUT2D eigenvalue weighted by molar-refractivity contribution is 7.49. The molecule has 0 N–H and O–H groups in total. The number of phosphoric ester groups is 1. The number of para-hydroxylation sites is 2. The van der Waals surface area contributed by atoms with Gasteiger partial charge in [0, 0.05) is 0 Å². The van der Waals surface area contributed by atoms with Crippen molar-refractivity contribution in [2.24, 2.45) is 0 Å². The van der Waals surface area contributed by atoms with E-state index < -0.39 is 19.5 Å². The molecule has 0 aromatic heterocycles. The number of carbonyl (C=O) groups is 1. The summed E-state index contributed by atoms with van der Waals surface area (Å²) in [5, 5.41) is 0. The number of unbranched alkanes of at least 4 members (excludes halogenated alkanes) is 1. The quantitative estimate of drug-likeness (QED) is 0.343. The fourth-order valence-electron chi connectivity index (χ4n) is 3.06. The van der Waals surface area contributed by atoms with Crippen molar-refractivity contribution >= 4 is 13.9 Å². The van der Waals surface area contributed by atoms with Gasteiger partial charge in [0.1, 0.15) is 23.4 Å². The van der Waals surface area contributed by atoms with Crippen molar-refractivity contribution in [3.05, 3.63) is 72.8 Å². The van der Waals surface area contributed by atoms with Gasteiger partial charge in [-0.25, -0.2) is 9.69 Å². The monoisotopic (exact) mass is 459 g/mol. The average molecular weight is 459 g/mol. The fraction of sp³-hybridized carbons (Fsp3) is 0.348. The van der Waals surface area contributed by atoms with E-state index in [2.05, 4.69) is 0 Å². The Morgan fingerprint density at radius 2 is 1.59 bits per heavy atom. The molecule has 1 spiro atoms. The van der Waals surface area contributed by atoms with Crippen molar-refractivity contribution in [1.82, 2.24) is 4.90 Å². The molecule has 2 aromatic rings. The van der Waals surface area contributed by atoms with Crippen LogP contribution in [0.1, 0.15) is 32.6 Å². The largest absolute Gasteiger partial charge is 0.648 e. The zero-order chi connectivity index (χ0) is 22.4. The van der Waals surface area contributed by atoms with Gasteiger partial charge in [-0.2, -0.15) is 4.57 Å². The number of rotatable bonds is 9. The maximum Gasteiger partial charge on any atom is 0.648 e. The van der Waals surface area contributed by atoms with Crippen LogP contribution in [0.25, 0.3) is 0 Å². The van der Waals surface area contributed by atoms with E-state index in [-0.39, 0.29) is 19.0 Å². The van der Waals surface area contributed by atoms with Crippen molar-refractivity contribution in [2.45, 2.75) is 38.2 Å². The maximum absolute atomic E-state index is 13.7. The lowest BCUT2D eigenvalue weighted by Gasteiger charge is -2.33. The number of amides is 1. The zero-order valence-electron chi connectivity index (χ0n) is 17.8. The lowest BCUT2D eigenvalue weighted by molar-refractivity contribution is 0.0134. The highest BCUT2D eigenvalue weighted by Gasteiger charge is 2.52. The topological polar surface area (TPSA) is 83.5 Å². The van der Waals surface area contributed by atoms with Crippen LogP contribution in [0.4, 0.5) is 4.79 Å². The minimum Gasteiger partial charge on any atom is -0.487 e. The summed E-state index contributed by atoms with van der Waals surface area (Å²) >= 11 is 0. The molecule has 32 heavy (non-hydrogen) atoms. The molecule has 2 aromatic carbocycles. The Morgan fingerprint density at radius 3 is 2.12 bits per heavy atom. The molecule has 1 saturated carbocycles. The summed E-state index contributed by atoms with van der Waals surface area (Å²) < 4.78 is 41.8. The number of carbonyl (C=O) groups excluding carboxylic acids is 1. The molecule has 170 valence electrons. The van der Waals surface area contributed by atoms with Crippen molar-refractivity contribution in [3.8, 4) is 11.5 Å². The summed E-state index contributed by atoms with van der Waals surface area (Å²) in [5.74, 6) is 0.499. The van der Waals surface area contributed by atoms with Crippen LogP contribution in [0, 0.1) is 0 Å². The molecule has 2 aliphatic rings. The zero-order valence-corrected chi connectivity index (χ0v) is 18.7. The van der Waals surface area contributed by atoms with Gasteiger partial charge in [-0.15, -0.1) is 0 Å². The molecule has 0 unspecified atom stereocenters. The van der Waals surface area contributed by atoms with E-state index in [1.807, 2.05) is 6.92 Å². The molecule has 8 nitrogen and oxygen atoms in total. The molecule has 1 fully saturated rings. The SMILES string of the molecule is CCCCOC(=O)N1CC2(CC2)OC=C1OP(=O)(Oc1ccccc1)Oc1ccccc1. The fourth-order valence-corrected chi connectivity index (χ4v) is 4.30. The Kier molecular flexibility index (Phi) is 6.61. The van der Waals surface area contributed by atoms with Crippen molar-refractivity contribution in [1.29, 1.82) is 0 Å². The second-order valence-corrected chi connectivity index (χ2v) is 9.10. The molecule has 1 aliphatic heterocycles. The first-order valence-corrected chi connectivity index (χ1v) is 12.1. The van der Waals surface area contributed by atoms with E-state index >= 15 is 0 Å². The molecule has 1 aliphatic carbocycles. The third-order valence-corrected chi connectivity index (χ3v) is 6.28. The molecule has 0 bridgehead atoms. The smallest absolute Gasteiger partial charge is 0.487 e. The van der Waals surface area contributed by atoms with Gasteiger partial charge in [-0.05, 0) is 43.5 Å². The Hall–Kier alpha value is -3.12. The molecule has 0 radical (unpaired) electrons. The van der Waals surface area contributed by atoms with Crippen LogP contribution in [0.3, 0.4) is 0 Å². The lowest BCUT2D eigenvalue weighted by Crippen LogP contribution is -2.43. The molecular formula is C23H26NO7P. The number of ether oxygens (including phenoxy) is 2. The summed E-state index contributed by atoms with van der Waals surface area (Å²) in [4.78, 5) is 14.1. The van der Waals surface area contributed by atoms with Crippen LogP contribution >= 0.6 is 7.82 Å². The highest BCUT2D eigenvalue weighted by atomic mass is 31.2. The van der Waals surface area contributed by atoms with Gasteiger partial charge in [0.2, 0.25) is 5.88 Å². The molecule has 1 amide bonds. The van der Waals surface area contributed by atoms with Crippen LogP contribution in [0.15, 0.2) is 72.8 Å². The molecular weight excluding hydrogens is 433 g/mol. The molecule has 9 heteroatoms. The molecule has 0 saturated heterocycles. The minimum absolute atomic E-state index is 0.0841. The van der Waals surface area contributed by atoms with Crippen LogP contribution in [-0.2, 0) is 18.6 Å². The third-order valence-electron chi connectivity index (χ3n) is 5.00. The van der Waals surface area contributed by atoms with E-state index in [4.69, 9.17) is 23.0 Å². The minimum atomic E-state index is -4.26. The number of hydrogen-bond acceptors (Lipinski definition) is 7. The maximum atomic E-state index is 13.7. The number of benzene rings is 2. The average Bonchev–Trinajstić information content (AvgIpc) is 3.55. The number of phosphoric acid groups is 1. The van der Waals surface area contributed by atoms with Gasteiger partial charge in [0.05, 0.1) is 13.2 Å². The molecule has 4 rings (SSSR count). The predicted octanol–water partition coefficient (Wildman–Crippen LogP) is 5.87. The lowest BCUT2D eigenvalue weighted by atomic mass is 10.3. The normalized spacial score (nSPS) is 16.5. The Balaban J connectivity index is 1.57. The van der Waals surface area contributed by atoms with Crippen LogP contribution < -0.4 is 9.05 Å². The van der Waals surface area contributed by atoms with Crippen molar-refractivity contribution < 1.29 is 32.4 Å². The first-order valence-electron chi connectivity index (χ1n) is 10.6. The standard InChI is InChI=1S/C23H26NO7P/c1-2-3-16-27-22(25)24-18-23(14-15-23)28-17-21(24)31-32(26,29-19-10-6-4-7-11-19)30-20-12-8-5-9-13-20/h4-13,17H,2-3,14-16,18H2,1H3. The van der Waals surface area contributed by atoms with E-state index in [1.54, 1.807) is 60.7 Å². The summed E-state index contributed by atoms with van der Waals surface area (Å²) in [5.41, 5.74) is -0.443. The van der Waals surface area contributed by atoms with E-state index in [0.717, 1.165) is 25.7 Å². The Morgan fingerprint density at radius 1 is 1.00 bits per heavy atom. The van der Waals surface area contributed by atoms with Gasteiger partial charge in [0.15, 0.2) is 0 Å². The summed E-state index contributed by atoms with van der Waals surface area (Å²) in [6.07, 6.45) is 3.96. The Bertz CT molecular complexity index is 946. The van der Waals surface area contributed by atoms with Gasteiger partial charge in [-0.3, -0.25) is 0 Å². The van der Waals surface area contributed by atoms with Gasteiger partial charge in [-0.1, -0.05) is 49.7 Å². The highest BCUT2D eigenvalue weighted by Crippen LogP contribution is 2.53. The first kappa shape index (κ1) is 22.1. The number of nitrogens with zero attached hydrogens (tertiary/aromatic N) is 1. The number of hydrogen-bond donors (Lipinski definition) is 0. The van der Waals surface area contributed by atoms with E-state index in [0.29, 0.717) is 11.5 Å². The summed E-state index contributed by atoms with van der Waals surface area (Å²) in [6, 6.07) is 17.1. The molecule has 0 atom stereocenters. The molecule has 1 heterocycles. The second-order valence-electron chi connectivity index (χ2n) is 7.66. The van der Waals surface area contributed by atoms with Gasteiger partial charge < -0.3 is 23.0 Å². The predicted molar refractivity (Wildman–Crippen MR) is 117 cm³/mol. The van der Waals surface area contributed by atoms with Crippen LogP contribution in [0.2, 0.25) is 0 Å². The van der Waals surface area contributed by atoms with Crippen LogP contribution in [-0.4, -0.2) is 29.7 Å². The summed E-state index contributed by atoms with van der Waals surface area (Å²) in [6.45, 7) is 2.53. The van der Waals surface area contributed by atoms with E-state index in [9.17, 15) is 9.36 Å². The van der Waals surface area contributed by atoms with Gasteiger partial charge in [0.25, 0.3) is 0 Å². The first-order chi connectivity index (χ1) is 15.5. The van der Waals surface area contributed by atoms with Crippen molar-refractivity contribution in [3.63, 3.8) is 0 Å². The third kappa shape index (κ3) is 5.56. The summed E-state index contributed by atoms with van der Waals surface area (Å²) in [7, 11) is -4.26. The van der Waals surface area contributed by atoms with Gasteiger partial charge >= 0.3 is 13.9 Å². The van der Waals surface area contributed by atoms with Crippen LogP contribution in [0.5, 0.6) is 11.5 Å². The van der Waals surface area contributed by atoms with E-state index in [1.165, 1.54) is 11.2 Å². The van der Waals surface area contributed by atoms with Crippen molar-refractivity contribution in [2.75, 3.05) is 13.2 Å².